The van der Waals surface area contributed by atoms with E-state index in [2.05, 4.69) is 10.5 Å². The highest BCUT2D eigenvalue weighted by Crippen LogP contribution is 2.32. The molecule has 1 N–H and O–H groups in total. The summed E-state index contributed by atoms with van der Waals surface area (Å²) in [5, 5.41) is 7.47. The fraction of sp³-hybridized carbons (Fsp3) is 0.375. The predicted molar refractivity (Wildman–Crippen MR) is 85.1 cm³/mol. The van der Waals surface area contributed by atoms with Gasteiger partial charge in [-0.1, -0.05) is 22.8 Å². The molecular weight excluding hydrogens is 302 g/mol. The Labute approximate surface area is 134 Å². The second-order valence-electron chi connectivity index (χ2n) is 5.63. The molecule has 1 aliphatic heterocycles. The number of nitrogens with zero attached hydrogens (tertiary/aromatic N) is 2. The van der Waals surface area contributed by atoms with E-state index in [1.807, 2.05) is 38.1 Å². The molecular formula is C16H18ClN3O2. The molecule has 1 aromatic heterocycles. The van der Waals surface area contributed by atoms with Crippen LogP contribution >= 0.6 is 11.6 Å². The van der Waals surface area contributed by atoms with Gasteiger partial charge in [0, 0.05) is 12.6 Å². The van der Waals surface area contributed by atoms with E-state index >= 15 is 0 Å². The van der Waals surface area contributed by atoms with E-state index in [0.29, 0.717) is 17.3 Å². The molecule has 2 aromatic rings. The van der Waals surface area contributed by atoms with Crippen molar-refractivity contribution in [3.05, 3.63) is 46.3 Å². The van der Waals surface area contributed by atoms with Crippen LogP contribution in [0.25, 0.3) is 0 Å². The fourth-order valence-electron chi connectivity index (χ4n) is 2.77. The summed E-state index contributed by atoms with van der Waals surface area (Å²) >= 11 is 6.18. The minimum Gasteiger partial charge on any atom is -0.361 e. The number of likely N-dealkylation sites (tertiary alicyclic amines) is 1. The zero-order valence-corrected chi connectivity index (χ0v) is 13.4. The normalized spacial score (nSPS) is 17.8. The molecule has 1 aromatic carbocycles. The highest BCUT2D eigenvalue weighted by Gasteiger charge is 2.32. The molecule has 1 aliphatic rings. The SMILES string of the molecule is Cc1ccc(NC(=O)N2CCCC2c2cc(C)on2)c(Cl)c1. The molecule has 1 atom stereocenters. The number of hydrogen-bond acceptors (Lipinski definition) is 3. The van der Waals surface area contributed by atoms with Crippen molar-refractivity contribution in [1.82, 2.24) is 10.1 Å². The smallest absolute Gasteiger partial charge is 0.322 e. The van der Waals surface area contributed by atoms with Crippen molar-refractivity contribution in [2.75, 3.05) is 11.9 Å². The second kappa shape index (κ2) is 6.01. The maximum absolute atomic E-state index is 12.5. The lowest BCUT2D eigenvalue weighted by Crippen LogP contribution is -2.34. The van der Waals surface area contributed by atoms with Gasteiger partial charge in [-0.05, 0) is 44.4 Å². The molecule has 5 nitrogen and oxygen atoms in total. The monoisotopic (exact) mass is 319 g/mol. The number of hydrogen-bond donors (Lipinski definition) is 1. The maximum atomic E-state index is 12.5. The topological polar surface area (TPSA) is 58.4 Å². The van der Waals surface area contributed by atoms with Crippen LogP contribution in [-0.4, -0.2) is 22.6 Å². The Balaban J connectivity index is 1.76. The summed E-state index contributed by atoms with van der Waals surface area (Å²) in [6.07, 6.45) is 1.84. The van der Waals surface area contributed by atoms with Gasteiger partial charge >= 0.3 is 6.03 Å². The molecule has 1 fully saturated rings. The number of carbonyl (C=O) groups excluding carboxylic acids is 1. The minimum atomic E-state index is -0.158. The van der Waals surface area contributed by atoms with Crippen LogP contribution in [0.2, 0.25) is 5.02 Å². The Morgan fingerprint density at radius 1 is 1.41 bits per heavy atom. The van der Waals surface area contributed by atoms with E-state index in [-0.39, 0.29) is 12.1 Å². The third-order valence-electron chi connectivity index (χ3n) is 3.87. The number of aromatic nitrogens is 1. The maximum Gasteiger partial charge on any atom is 0.322 e. The minimum absolute atomic E-state index is 0.0401. The Morgan fingerprint density at radius 3 is 2.91 bits per heavy atom. The first-order valence-electron chi connectivity index (χ1n) is 7.31. The third kappa shape index (κ3) is 2.95. The van der Waals surface area contributed by atoms with Crippen LogP contribution in [-0.2, 0) is 0 Å². The Morgan fingerprint density at radius 2 is 2.23 bits per heavy atom. The highest BCUT2D eigenvalue weighted by molar-refractivity contribution is 6.33. The lowest BCUT2D eigenvalue weighted by Gasteiger charge is -2.23. The Bertz CT molecular complexity index is 698. The van der Waals surface area contributed by atoms with Crippen LogP contribution in [0.5, 0.6) is 0 Å². The number of nitrogens with one attached hydrogen (secondary N) is 1. The zero-order chi connectivity index (χ0) is 15.7. The molecule has 2 heterocycles. The predicted octanol–water partition coefficient (Wildman–Crippen LogP) is 4.31. The molecule has 116 valence electrons. The van der Waals surface area contributed by atoms with Crippen molar-refractivity contribution in [3.63, 3.8) is 0 Å². The number of halogens is 1. The van der Waals surface area contributed by atoms with E-state index < -0.39 is 0 Å². The second-order valence-corrected chi connectivity index (χ2v) is 6.03. The van der Waals surface area contributed by atoms with Gasteiger partial charge in [0.05, 0.1) is 16.8 Å². The molecule has 0 saturated carbocycles. The number of amides is 2. The summed E-state index contributed by atoms with van der Waals surface area (Å²) in [6.45, 7) is 4.51. The van der Waals surface area contributed by atoms with Crippen molar-refractivity contribution in [1.29, 1.82) is 0 Å². The fourth-order valence-corrected chi connectivity index (χ4v) is 3.05. The quantitative estimate of drug-likeness (QED) is 0.897. The van der Waals surface area contributed by atoms with Gasteiger partial charge in [0.1, 0.15) is 11.5 Å². The van der Waals surface area contributed by atoms with Gasteiger partial charge in [-0.15, -0.1) is 0 Å². The van der Waals surface area contributed by atoms with Gasteiger partial charge < -0.3 is 14.7 Å². The summed E-state index contributed by atoms with van der Waals surface area (Å²) in [4.78, 5) is 14.3. The summed E-state index contributed by atoms with van der Waals surface area (Å²) in [7, 11) is 0. The molecule has 2 amide bonds. The summed E-state index contributed by atoms with van der Waals surface area (Å²) in [5.41, 5.74) is 2.49. The summed E-state index contributed by atoms with van der Waals surface area (Å²) < 4.78 is 5.13. The molecule has 22 heavy (non-hydrogen) atoms. The van der Waals surface area contributed by atoms with Crippen LogP contribution in [0.1, 0.15) is 35.9 Å². The molecule has 6 heteroatoms. The van der Waals surface area contributed by atoms with E-state index in [1.165, 1.54) is 0 Å². The highest BCUT2D eigenvalue weighted by atomic mass is 35.5. The largest absolute Gasteiger partial charge is 0.361 e. The van der Waals surface area contributed by atoms with Gasteiger partial charge in [0.15, 0.2) is 0 Å². The van der Waals surface area contributed by atoms with Crippen molar-refractivity contribution in [2.45, 2.75) is 32.7 Å². The van der Waals surface area contributed by atoms with E-state index in [4.69, 9.17) is 16.1 Å². The lowest BCUT2D eigenvalue weighted by molar-refractivity contribution is 0.204. The summed E-state index contributed by atoms with van der Waals surface area (Å²) in [6, 6.07) is 7.26. The number of carbonyl (C=O) groups is 1. The standard InChI is InChI=1S/C16H18ClN3O2/c1-10-5-6-13(12(17)8-10)18-16(21)20-7-3-4-15(20)14-9-11(2)22-19-14/h5-6,8-9,15H,3-4,7H2,1-2H3,(H,18,21). The number of urea groups is 1. The van der Waals surface area contributed by atoms with Crippen LogP contribution in [0.4, 0.5) is 10.5 Å². The first-order valence-corrected chi connectivity index (χ1v) is 7.69. The molecule has 1 saturated heterocycles. The van der Waals surface area contributed by atoms with E-state index in [9.17, 15) is 4.79 Å². The molecule has 0 radical (unpaired) electrons. The van der Waals surface area contributed by atoms with Gasteiger partial charge in [-0.25, -0.2) is 4.79 Å². The Kier molecular flexibility index (Phi) is 4.07. The third-order valence-corrected chi connectivity index (χ3v) is 4.18. The van der Waals surface area contributed by atoms with E-state index in [1.54, 1.807) is 4.90 Å². The molecule has 0 spiro atoms. The molecule has 0 bridgehead atoms. The number of aryl methyl sites for hydroxylation is 2. The Hall–Kier alpha value is -2.01. The van der Waals surface area contributed by atoms with Gasteiger partial charge in [-0.3, -0.25) is 0 Å². The van der Waals surface area contributed by atoms with Crippen molar-refractivity contribution in [3.8, 4) is 0 Å². The lowest BCUT2D eigenvalue weighted by atomic mass is 10.1. The van der Waals surface area contributed by atoms with Gasteiger partial charge in [-0.2, -0.15) is 0 Å². The average molecular weight is 320 g/mol. The number of rotatable bonds is 2. The van der Waals surface area contributed by atoms with Crippen LogP contribution in [0.15, 0.2) is 28.8 Å². The molecule has 1 unspecified atom stereocenters. The van der Waals surface area contributed by atoms with Crippen molar-refractivity contribution < 1.29 is 9.32 Å². The van der Waals surface area contributed by atoms with Crippen LogP contribution in [0, 0.1) is 13.8 Å². The van der Waals surface area contributed by atoms with Crippen molar-refractivity contribution in [2.24, 2.45) is 0 Å². The number of anilines is 1. The number of benzene rings is 1. The van der Waals surface area contributed by atoms with Gasteiger partial charge in [0.25, 0.3) is 0 Å². The van der Waals surface area contributed by atoms with E-state index in [0.717, 1.165) is 29.9 Å². The summed E-state index contributed by atoms with van der Waals surface area (Å²) in [5.74, 6) is 0.754. The van der Waals surface area contributed by atoms with Gasteiger partial charge in [0.2, 0.25) is 0 Å². The first kappa shape index (κ1) is 14.9. The average Bonchev–Trinajstić information content (AvgIpc) is 3.10. The first-order chi connectivity index (χ1) is 10.5. The van der Waals surface area contributed by atoms with Crippen LogP contribution in [0.3, 0.4) is 0 Å². The molecule has 0 aliphatic carbocycles. The van der Waals surface area contributed by atoms with Crippen molar-refractivity contribution >= 4 is 23.3 Å². The molecule has 3 rings (SSSR count). The zero-order valence-electron chi connectivity index (χ0n) is 12.6. The van der Waals surface area contributed by atoms with Crippen LogP contribution < -0.4 is 5.32 Å².